The summed E-state index contributed by atoms with van der Waals surface area (Å²) in [5, 5.41) is 8.34. The zero-order valence-corrected chi connectivity index (χ0v) is 13.9. The maximum Gasteiger partial charge on any atom is 0.0648 e. The number of nitrogens with zero attached hydrogens (tertiary/aromatic N) is 2. The molecule has 3 nitrogen and oxygen atoms in total. The zero-order valence-electron chi connectivity index (χ0n) is 13.9. The van der Waals surface area contributed by atoms with Crippen LogP contribution in [-0.2, 0) is 6.54 Å². The maximum absolute atomic E-state index is 4.70. The quantitative estimate of drug-likeness (QED) is 0.869. The Morgan fingerprint density at radius 2 is 1.81 bits per heavy atom. The van der Waals surface area contributed by atoms with Crippen molar-refractivity contribution in [3.05, 3.63) is 47.3 Å². The number of hydrogen-bond donors (Lipinski definition) is 1. The first kappa shape index (κ1) is 15.8. The van der Waals surface area contributed by atoms with E-state index in [0.717, 1.165) is 17.9 Å². The van der Waals surface area contributed by atoms with Crippen LogP contribution in [0, 0.1) is 19.8 Å². The van der Waals surface area contributed by atoms with Crippen molar-refractivity contribution in [2.24, 2.45) is 5.92 Å². The lowest BCUT2D eigenvalue weighted by Crippen LogP contribution is -2.31. The van der Waals surface area contributed by atoms with Crippen molar-refractivity contribution in [3.63, 3.8) is 0 Å². The summed E-state index contributed by atoms with van der Waals surface area (Å²) in [6.07, 6.45) is 1.20. The molecule has 0 bridgehead atoms. The number of rotatable bonds is 6. The molecule has 2 rings (SSSR count). The summed E-state index contributed by atoms with van der Waals surface area (Å²) >= 11 is 0. The molecular formula is C18H27N3. The molecule has 2 aromatic rings. The summed E-state index contributed by atoms with van der Waals surface area (Å²) in [6.45, 7) is 11.9. The van der Waals surface area contributed by atoms with Crippen LogP contribution in [0.4, 0.5) is 0 Å². The highest BCUT2D eigenvalue weighted by Gasteiger charge is 2.15. The third-order valence-corrected chi connectivity index (χ3v) is 4.54. The fourth-order valence-corrected chi connectivity index (χ4v) is 2.57. The predicted octanol–water partition coefficient (Wildman–Crippen LogP) is 4.01. The first-order valence-corrected chi connectivity index (χ1v) is 7.88. The van der Waals surface area contributed by atoms with Crippen LogP contribution >= 0.6 is 0 Å². The molecule has 0 fully saturated rings. The Kier molecular flexibility index (Phi) is 5.18. The van der Waals surface area contributed by atoms with E-state index in [0.29, 0.717) is 12.0 Å². The van der Waals surface area contributed by atoms with E-state index in [9.17, 15) is 0 Å². The van der Waals surface area contributed by atoms with Gasteiger partial charge >= 0.3 is 0 Å². The number of para-hydroxylation sites is 1. The lowest BCUT2D eigenvalue weighted by Gasteiger charge is -2.20. The summed E-state index contributed by atoms with van der Waals surface area (Å²) in [5.41, 5.74) is 4.77. The second-order valence-electron chi connectivity index (χ2n) is 5.95. The Morgan fingerprint density at radius 1 is 1.14 bits per heavy atom. The molecule has 3 heteroatoms. The second kappa shape index (κ2) is 6.90. The molecule has 1 N–H and O–H groups in total. The van der Waals surface area contributed by atoms with E-state index in [1.54, 1.807) is 0 Å². The van der Waals surface area contributed by atoms with E-state index < -0.39 is 0 Å². The normalized spacial score (nSPS) is 14.1. The van der Waals surface area contributed by atoms with Crippen LogP contribution in [0.1, 0.15) is 44.1 Å². The van der Waals surface area contributed by atoms with Crippen molar-refractivity contribution >= 4 is 0 Å². The highest BCUT2D eigenvalue weighted by Crippen LogP contribution is 2.18. The highest BCUT2D eigenvalue weighted by atomic mass is 15.3. The Labute approximate surface area is 128 Å². The van der Waals surface area contributed by atoms with Crippen LogP contribution in [0.3, 0.4) is 0 Å². The maximum atomic E-state index is 4.70. The van der Waals surface area contributed by atoms with Gasteiger partial charge < -0.3 is 5.32 Å². The summed E-state index contributed by atoms with van der Waals surface area (Å²) in [7, 11) is 0. The van der Waals surface area contributed by atoms with Crippen molar-refractivity contribution in [3.8, 4) is 5.69 Å². The fraction of sp³-hybridized carbons (Fsp3) is 0.500. The zero-order chi connectivity index (χ0) is 15.4. The molecule has 0 aliphatic heterocycles. The topological polar surface area (TPSA) is 29.9 Å². The lowest BCUT2D eigenvalue weighted by atomic mass is 10.0. The van der Waals surface area contributed by atoms with Crippen molar-refractivity contribution < 1.29 is 0 Å². The molecule has 0 aliphatic carbocycles. The largest absolute Gasteiger partial charge is 0.310 e. The van der Waals surface area contributed by atoms with Crippen LogP contribution in [0.5, 0.6) is 0 Å². The van der Waals surface area contributed by atoms with Crippen molar-refractivity contribution in [2.75, 3.05) is 0 Å². The third kappa shape index (κ3) is 3.53. The number of aryl methyl sites for hydroxylation is 1. The molecule has 0 saturated carbocycles. The summed E-state index contributed by atoms with van der Waals surface area (Å²) in [6, 6.07) is 10.8. The fourth-order valence-electron chi connectivity index (χ4n) is 2.57. The van der Waals surface area contributed by atoms with E-state index in [1.807, 2.05) is 10.7 Å². The van der Waals surface area contributed by atoms with Crippen LogP contribution in [0.25, 0.3) is 5.69 Å². The molecular weight excluding hydrogens is 258 g/mol. The van der Waals surface area contributed by atoms with Crippen molar-refractivity contribution in [2.45, 2.75) is 53.6 Å². The van der Waals surface area contributed by atoms with Crippen LogP contribution in [-0.4, -0.2) is 15.8 Å². The number of aromatic nitrogens is 2. The number of nitrogens with one attached hydrogen (secondary N) is 1. The average molecular weight is 285 g/mol. The van der Waals surface area contributed by atoms with Gasteiger partial charge in [-0.1, -0.05) is 38.5 Å². The number of hydrogen-bond acceptors (Lipinski definition) is 2. The van der Waals surface area contributed by atoms with Gasteiger partial charge in [0.15, 0.2) is 0 Å². The van der Waals surface area contributed by atoms with Crippen LogP contribution < -0.4 is 5.32 Å². The first-order chi connectivity index (χ1) is 10.0. The molecule has 0 saturated heterocycles. The second-order valence-corrected chi connectivity index (χ2v) is 5.95. The molecule has 0 aliphatic rings. The predicted molar refractivity (Wildman–Crippen MR) is 88.8 cm³/mol. The highest BCUT2D eigenvalue weighted by molar-refractivity contribution is 5.36. The first-order valence-electron chi connectivity index (χ1n) is 7.88. The minimum absolute atomic E-state index is 0.522. The summed E-state index contributed by atoms with van der Waals surface area (Å²) in [5.74, 6) is 0.690. The molecule has 114 valence electrons. The number of benzene rings is 1. The Bertz CT molecular complexity index is 572. The van der Waals surface area contributed by atoms with Crippen LogP contribution in [0.2, 0.25) is 0 Å². The van der Waals surface area contributed by atoms with E-state index in [-0.39, 0.29) is 0 Å². The molecule has 0 amide bonds. The van der Waals surface area contributed by atoms with Gasteiger partial charge in [0.2, 0.25) is 0 Å². The van der Waals surface area contributed by atoms with Gasteiger partial charge in [-0.05, 0) is 38.8 Å². The van der Waals surface area contributed by atoms with Gasteiger partial charge in [-0.15, -0.1) is 0 Å². The smallest absolute Gasteiger partial charge is 0.0648 e. The van der Waals surface area contributed by atoms with Gasteiger partial charge in [-0.3, -0.25) is 0 Å². The van der Waals surface area contributed by atoms with E-state index in [4.69, 9.17) is 5.10 Å². The molecule has 2 unspecified atom stereocenters. The molecule has 1 aromatic heterocycles. The van der Waals surface area contributed by atoms with Gasteiger partial charge in [0.1, 0.15) is 0 Å². The molecule has 21 heavy (non-hydrogen) atoms. The molecule has 1 aromatic carbocycles. The standard InChI is InChI=1S/C18H27N3/c1-6-13(2)14(3)19-12-18-15(4)20-21(16(18)5)17-10-8-7-9-11-17/h7-11,13-14,19H,6,12H2,1-5H3. The van der Waals surface area contributed by atoms with Gasteiger partial charge in [0, 0.05) is 23.8 Å². The SMILES string of the molecule is CCC(C)C(C)NCc1c(C)nn(-c2ccccc2)c1C. The lowest BCUT2D eigenvalue weighted by molar-refractivity contribution is 0.389. The minimum atomic E-state index is 0.522. The summed E-state index contributed by atoms with van der Waals surface area (Å²) < 4.78 is 2.04. The van der Waals surface area contributed by atoms with Gasteiger partial charge in [0.25, 0.3) is 0 Å². The molecule has 0 spiro atoms. The van der Waals surface area contributed by atoms with Crippen LogP contribution in [0.15, 0.2) is 30.3 Å². The Morgan fingerprint density at radius 3 is 2.43 bits per heavy atom. The van der Waals surface area contributed by atoms with Crippen molar-refractivity contribution in [1.29, 1.82) is 0 Å². The molecule has 0 radical (unpaired) electrons. The Hall–Kier alpha value is -1.61. The monoisotopic (exact) mass is 285 g/mol. The minimum Gasteiger partial charge on any atom is -0.310 e. The summed E-state index contributed by atoms with van der Waals surface area (Å²) in [4.78, 5) is 0. The third-order valence-electron chi connectivity index (χ3n) is 4.54. The Balaban J connectivity index is 2.17. The van der Waals surface area contributed by atoms with Gasteiger partial charge in [-0.25, -0.2) is 4.68 Å². The average Bonchev–Trinajstić information content (AvgIpc) is 2.79. The van der Waals surface area contributed by atoms with Gasteiger partial charge in [0.05, 0.1) is 11.4 Å². The van der Waals surface area contributed by atoms with E-state index >= 15 is 0 Å². The van der Waals surface area contributed by atoms with E-state index in [2.05, 4.69) is 64.2 Å². The van der Waals surface area contributed by atoms with E-state index in [1.165, 1.54) is 17.7 Å². The molecule has 1 heterocycles. The van der Waals surface area contributed by atoms with Crippen molar-refractivity contribution in [1.82, 2.24) is 15.1 Å². The molecule has 2 atom stereocenters. The van der Waals surface area contributed by atoms with Gasteiger partial charge in [-0.2, -0.15) is 5.10 Å².